The van der Waals surface area contributed by atoms with Gasteiger partial charge in [0.05, 0.1) is 11.0 Å². The molecule has 1 amide bonds. The molecule has 2 aliphatic rings. The van der Waals surface area contributed by atoms with Crippen molar-refractivity contribution in [1.82, 2.24) is 24.9 Å². The second kappa shape index (κ2) is 12.1. The number of aromatic nitrogens is 2. The molecule has 8 heteroatoms. The number of hydrogen-bond acceptors (Lipinski definition) is 5. The third-order valence-electron chi connectivity index (χ3n) is 8.27. The molecule has 5 rings (SSSR count). The summed E-state index contributed by atoms with van der Waals surface area (Å²) in [7, 11) is 2.04. The minimum Gasteiger partial charge on any atom is -0.384 e. The maximum absolute atomic E-state index is 13.8. The van der Waals surface area contributed by atoms with Gasteiger partial charge in [-0.1, -0.05) is 56.4 Å². The molecular weight excluding hydrogens is 474 g/mol. The largest absolute Gasteiger partial charge is 0.384 e. The Kier molecular flexibility index (Phi) is 8.39. The molecule has 202 valence electrons. The van der Waals surface area contributed by atoms with E-state index in [1.165, 1.54) is 37.7 Å². The zero-order valence-corrected chi connectivity index (χ0v) is 22.6. The zero-order chi connectivity index (χ0) is 26.5. The molecule has 1 aliphatic carbocycles. The summed E-state index contributed by atoms with van der Waals surface area (Å²) in [5.74, 6) is 1.90. The zero-order valence-electron chi connectivity index (χ0n) is 22.6. The van der Waals surface area contributed by atoms with Crippen molar-refractivity contribution in [2.75, 3.05) is 32.7 Å². The fourth-order valence-electron chi connectivity index (χ4n) is 5.91. The predicted molar refractivity (Wildman–Crippen MR) is 152 cm³/mol. The fourth-order valence-corrected chi connectivity index (χ4v) is 5.91. The van der Waals surface area contributed by atoms with Crippen molar-refractivity contribution in [3.8, 4) is 0 Å². The number of fused-ring (bicyclic) bond motifs is 1. The summed E-state index contributed by atoms with van der Waals surface area (Å²) in [5.41, 5.74) is 10.1. The van der Waals surface area contributed by atoms with E-state index in [0.29, 0.717) is 5.56 Å². The molecule has 0 atom stereocenters. The number of benzene rings is 2. The summed E-state index contributed by atoms with van der Waals surface area (Å²) in [4.78, 5) is 18.8. The van der Waals surface area contributed by atoms with E-state index in [1.54, 1.807) is 0 Å². The van der Waals surface area contributed by atoms with Crippen molar-refractivity contribution in [3.05, 3.63) is 65.0 Å². The molecule has 0 radical (unpaired) electrons. The molecule has 38 heavy (non-hydrogen) atoms. The highest BCUT2D eigenvalue weighted by Gasteiger charge is 2.26. The van der Waals surface area contributed by atoms with Crippen LogP contribution in [-0.4, -0.2) is 64.0 Å². The molecular formula is C30H41N7O. The van der Waals surface area contributed by atoms with E-state index in [1.807, 2.05) is 54.5 Å². The number of nitrogen functional groups attached to an aromatic ring is 1. The van der Waals surface area contributed by atoms with Crippen LogP contribution in [-0.2, 0) is 19.9 Å². The first-order valence-electron chi connectivity index (χ1n) is 14.2. The molecule has 8 nitrogen and oxygen atoms in total. The summed E-state index contributed by atoms with van der Waals surface area (Å²) in [6.45, 7) is 4.33. The number of carbonyl (C=O) groups excluding carboxylic acids is 1. The molecule has 2 fully saturated rings. The van der Waals surface area contributed by atoms with Crippen LogP contribution in [0.2, 0.25) is 0 Å². The Morgan fingerprint density at radius 3 is 2.47 bits per heavy atom. The Bertz CT molecular complexity index is 1250. The number of amidine groups is 1. The minimum absolute atomic E-state index is 0.0850. The van der Waals surface area contributed by atoms with Crippen LogP contribution in [0.1, 0.15) is 65.8 Å². The average molecular weight is 516 g/mol. The maximum atomic E-state index is 13.8. The standard InChI is InChI=1S/C30H41N7O/c1-35-27-13-12-25(21-26(27)34-28(35)14-9-23-7-10-24(11-8-23)29(31)32)30(38)37(36-19-16-33-17-20-36)18-15-22-5-3-2-4-6-22/h7-8,10-13,21-22,33H,2-6,9,14-20H2,1H3,(H3,31,32). The molecule has 2 heterocycles. The molecule has 2 aromatic carbocycles. The number of amides is 1. The van der Waals surface area contributed by atoms with E-state index in [-0.39, 0.29) is 11.7 Å². The van der Waals surface area contributed by atoms with Crippen LogP contribution in [0.3, 0.4) is 0 Å². The number of nitrogens with one attached hydrogen (secondary N) is 2. The Morgan fingerprint density at radius 1 is 1.05 bits per heavy atom. The quantitative estimate of drug-likeness (QED) is 0.297. The van der Waals surface area contributed by atoms with E-state index >= 15 is 0 Å². The van der Waals surface area contributed by atoms with Crippen LogP contribution < -0.4 is 11.1 Å². The van der Waals surface area contributed by atoms with Gasteiger partial charge in [-0.3, -0.25) is 15.2 Å². The second-order valence-electron chi connectivity index (χ2n) is 10.8. The van der Waals surface area contributed by atoms with Crippen LogP contribution in [0.4, 0.5) is 0 Å². The van der Waals surface area contributed by atoms with E-state index in [0.717, 1.165) is 80.3 Å². The van der Waals surface area contributed by atoms with Crippen LogP contribution >= 0.6 is 0 Å². The van der Waals surface area contributed by atoms with Gasteiger partial charge in [-0.25, -0.2) is 9.99 Å². The van der Waals surface area contributed by atoms with Gasteiger partial charge in [0.25, 0.3) is 5.91 Å². The normalized spacial score (nSPS) is 17.1. The highest BCUT2D eigenvalue weighted by Crippen LogP contribution is 2.27. The summed E-state index contributed by atoms with van der Waals surface area (Å²) >= 11 is 0. The number of carbonyl (C=O) groups is 1. The Hall–Kier alpha value is -3.23. The van der Waals surface area contributed by atoms with E-state index < -0.39 is 0 Å². The molecule has 0 unspecified atom stereocenters. The lowest BCUT2D eigenvalue weighted by molar-refractivity contribution is -0.0206. The number of hydrazine groups is 1. The molecule has 0 spiro atoms. The van der Waals surface area contributed by atoms with E-state index in [4.69, 9.17) is 16.1 Å². The van der Waals surface area contributed by atoms with Crippen molar-refractivity contribution in [2.45, 2.75) is 51.4 Å². The topological polar surface area (TPSA) is 103 Å². The van der Waals surface area contributed by atoms with E-state index in [9.17, 15) is 4.79 Å². The van der Waals surface area contributed by atoms with Gasteiger partial charge in [-0.15, -0.1) is 0 Å². The molecule has 1 aliphatic heterocycles. The van der Waals surface area contributed by atoms with Crippen LogP contribution in [0.15, 0.2) is 42.5 Å². The summed E-state index contributed by atoms with van der Waals surface area (Å²) in [5, 5.41) is 15.2. The number of rotatable bonds is 9. The summed E-state index contributed by atoms with van der Waals surface area (Å²) in [6, 6.07) is 13.8. The molecule has 1 aromatic heterocycles. The summed E-state index contributed by atoms with van der Waals surface area (Å²) < 4.78 is 2.13. The maximum Gasteiger partial charge on any atom is 0.268 e. The first-order valence-corrected chi connectivity index (χ1v) is 14.2. The number of imidazole rings is 1. The van der Waals surface area contributed by atoms with Gasteiger partial charge < -0.3 is 15.6 Å². The minimum atomic E-state index is 0.0850. The van der Waals surface area contributed by atoms with Gasteiger partial charge in [0, 0.05) is 57.3 Å². The summed E-state index contributed by atoms with van der Waals surface area (Å²) in [6.07, 6.45) is 9.33. The van der Waals surface area contributed by atoms with Crippen molar-refractivity contribution >= 4 is 22.8 Å². The molecule has 4 N–H and O–H groups in total. The van der Waals surface area contributed by atoms with E-state index in [2.05, 4.69) is 14.9 Å². The van der Waals surface area contributed by atoms with Gasteiger partial charge in [0.2, 0.25) is 0 Å². The lowest BCUT2D eigenvalue weighted by atomic mass is 9.87. The monoisotopic (exact) mass is 515 g/mol. The third-order valence-corrected chi connectivity index (χ3v) is 8.27. The van der Waals surface area contributed by atoms with Crippen LogP contribution in [0.5, 0.6) is 0 Å². The Labute approximate surface area is 225 Å². The SMILES string of the molecule is Cn1c(CCc2ccc(C(=N)N)cc2)nc2cc(C(=O)N(CCC3CCCCC3)N3CCNCC3)ccc21. The second-order valence-corrected chi connectivity index (χ2v) is 10.8. The predicted octanol–water partition coefficient (Wildman–Crippen LogP) is 3.88. The van der Waals surface area contributed by atoms with Crippen molar-refractivity contribution in [1.29, 1.82) is 5.41 Å². The van der Waals surface area contributed by atoms with Gasteiger partial charge in [-0.2, -0.15) is 0 Å². The smallest absolute Gasteiger partial charge is 0.268 e. The van der Waals surface area contributed by atoms with Crippen LogP contribution in [0, 0.1) is 11.3 Å². The Morgan fingerprint density at radius 2 is 1.76 bits per heavy atom. The number of piperazine rings is 1. The van der Waals surface area contributed by atoms with Crippen molar-refractivity contribution in [3.63, 3.8) is 0 Å². The van der Waals surface area contributed by atoms with Crippen molar-refractivity contribution in [2.24, 2.45) is 18.7 Å². The lowest BCUT2D eigenvalue weighted by Crippen LogP contribution is -2.55. The first kappa shape index (κ1) is 26.4. The molecule has 3 aromatic rings. The van der Waals surface area contributed by atoms with Gasteiger partial charge in [0.15, 0.2) is 0 Å². The molecule has 1 saturated carbocycles. The van der Waals surface area contributed by atoms with Crippen molar-refractivity contribution < 1.29 is 4.79 Å². The molecule has 1 saturated heterocycles. The number of hydrogen-bond donors (Lipinski definition) is 3. The van der Waals surface area contributed by atoms with Gasteiger partial charge in [-0.05, 0) is 42.5 Å². The van der Waals surface area contributed by atoms with Gasteiger partial charge in [0.1, 0.15) is 11.7 Å². The average Bonchev–Trinajstić information content (AvgIpc) is 3.27. The Balaban J connectivity index is 1.31. The first-order chi connectivity index (χ1) is 18.5. The third kappa shape index (κ3) is 6.08. The molecule has 0 bridgehead atoms. The highest BCUT2D eigenvalue weighted by atomic mass is 16.2. The number of nitrogens with two attached hydrogens (primary N) is 1. The lowest BCUT2D eigenvalue weighted by Gasteiger charge is -2.38. The number of nitrogens with zero attached hydrogens (tertiary/aromatic N) is 4. The van der Waals surface area contributed by atoms with Gasteiger partial charge >= 0.3 is 0 Å². The number of aryl methyl sites for hydroxylation is 3. The fraction of sp³-hybridized carbons (Fsp3) is 0.500. The van der Waals surface area contributed by atoms with Crippen LogP contribution in [0.25, 0.3) is 11.0 Å². The highest BCUT2D eigenvalue weighted by molar-refractivity contribution is 5.97.